The Morgan fingerprint density at radius 3 is 1.22 bits per heavy atom. The van der Waals surface area contributed by atoms with Gasteiger partial charge in [0.2, 0.25) is 0 Å². The molecule has 0 radical (unpaired) electrons. The van der Waals surface area contributed by atoms with E-state index in [1.807, 2.05) is 18.2 Å². The maximum atomic E-state index is 5.13. The molecular formula is C57H37N3. The lowest BCUT2D eigenvalue weighted by atomic mass is 9.83. The van der Waals surface area contributed by atoms with E-state index in [9.17, 15) is 0 Å². The molecule has 280 valence electrons. The summed E-state index contributed by atoms with van der Waals surface area (Å²) in [6.07, 6.45) is 0. The van der Waals surface area contributed by atoms with Crippen molar-refractivity contribution >= 4 is 32.3 Å². The van der Waals surface area contributed by atoms with Crippen LogP contribution in [0.15, 0.2) is 224 Å². The minimum absolute atomic E-state index is 0.636. The largest absolute Gasteiger partial charge is 0.208 e. The number of hydrogen-bond donors (Lipinski definition) is 0. The monoisotopic (exact) mass is 763 g/mol. The molecule has 0 fully saturated rings. The second-order valence-corrected chi connectivity index (χ2v) is 15.1. The zero-order valence-electron chi connectivity index (χ0n) is 32.7. The molecule has 11 rings (SSSR count). The Morgan fingerprint density at radius 2 is 0.583 bits per heavy atom. The van der Waals surface area contributed by atoms with Crippen molar-refractivity contribution < 1.29 is 0 Å². The van der Waals surface area contributed by atoms with Crippen molar-refractivity contribution in [2.75, 3.05) is 0 Å². The Morgan fingerprint density at radius 1 is 0.200 bits per heavy atom. The van der Waals surface area contributed by atoms with Crippen molar-refractivity contribution in [3.63, 3.8) is 0 Å². The summed E-state index contributed by atoms with van der Waals surface area (Å²) in [5, 5.41) is 7.10. The Hall–Kier alpha value is -8.01. The maximum absolute atomic E-state index is 5.13. The summed E-state index contributed by atoms with van der Waals surface area (Å²) in [5.74, 6) is 1.93. The topological polar surface area (TPSA) is 38.7 Å². The second kappa shape index (κ2) is 15.1. The summed E-state index contributed by atoms with van der Waals surface area (Å²) in [7, 11) is 0. The van der Waals surface area contributed by atoms with Gasteiger partial charge in [0, 0.05) is 16.7 Å². The standard InChI is InChI=1S/C57H37N3/c1-3-16-38(17-4-1)39-30-32-41(33-31-39)45-22-9-10-24-47(45)54-50-27-13-11-25-48(50)53(49-26-12-14-28-51(49)54)42-34-36-44(37-35-42)56-58-55(43-19-5-2-6-20-43)59-57(60-56)52-29-15-21-40-18-7-8-23-46(40)52/h1-37H. The molecule has 1 aromatic heterocycles. The Bertz CT molecular complexity index is 3280. The van der Waals surface area contributed by atoms with Crippen LogP contribution in [0, 0.1) is 0 Å². The highest BCUT2D eigenvalue weighted by atomic mass is 15.0. The lowest BCUT2D eigenvalue weighted by Crippen LogP contribution is -2.00. The lowest BCUT2D eigenvalue weighted by molar-refractivity contribution is 1.08. The van der Waals surface area contributed by atoms with Crippen LogP contribution in [0.4, 0.5) is 0 Å². The summed E-state index contributed by atoms with van der Waals surface area (Å²) in [5.41, 5.74) is 12.5. The minimum atomic E-state index is 0.636. The highest BCUT2D eigenvalue weighted by molar-refractivity contribution is 6.22. The molecule has 0 bridgehead atoms. The van der Waals surface area contributed by atoms with E-state index in [0.29, 0.717) is 17.5 Å². The van der Waals surface area contributed by atoms with E-state index in [4.69, 9.17) is 15.0 Å². The second-order valence-electron chi connectivity index (χ2n) is 15.1. The molecule has 10 aromatic carbocycles. The third kappa shape index (κ3) is 6.30. The lowest BCUT2D eigenvalue weighted by Gasteiger charge is -2.20. The highest BCUT2D eigenvalue weighted by Crippen LogP contribution is 2.46. The first-order valence-corrected chi connectivity index (χ1v) is 20.4. The molecule has 0 saturated heterocycles. The third-order valence-electron chi connectivity index (χ3n) is 11.6. The highest BCUT2D eigenvalue weighted by Gasteiger charge is 2.20. The molecule has 0 atom stereocenters. The van der Waals surface area contributed by atoms with Gasteiger partial charge in [0.1, 0.15) is 0 Å². The van der Waals surface area contributed by atoms with E-state index in [-0.39, 0.29) is 0 Å². The molecule has 3 nitrogen and oxygen atoms in total. The van der Waals surface area contributed by atoms with Crippen LogP contribution in [0.2, 0.25) is 0 Å². The van der Waals surface area contributed by atoms with Crippen molar-refractivity contribution in [3.05, 3.63) is 224 Å². The predicted octanol–water partition coefficient (Wildman–Crippen LogP) is 15.0. The molecule has 60 heavy (non-hydrogen) atoms. The molecule has 11 aromatic rings. The van der Waals surface area contributed by atoms with Gasteiger partial charge in [-0.3, -0.25) is 0 Å². The fourth-order valence-electron chi connectivity index (χ4n) is 8.70. The molecular weight excluding hydrogens is 727 g/mol. The maximum Gasteiger partial charge on any atom is 0.164 e. The summed E-state index contributed by atoms with van der Waals surface area (Å²) in [6, 6.07) is 79.6. The van der Waals surface area contributed by atoms with Crippen LogP contribution < -0.4 is 0 Å². The number of benzene rings is 10. The number of fused-ring (bicyclic) bond motifs is 3. The van der Waals surface area contributed by atoms with Crippen molar-refractivity contribution in [1.29, 1.82) is 0 Å². The van der Waals surface area contributed by atoms with Gasteiger partial charge in [0.25, 0.3) is 0 Å². The van der Waals surface area contributed by atoms with E-state index in [1.54, 1.807) is 0 Å². The molecule has 1 heterocycles. The molecule has 0 N–H and O–H groups in total. The average molecular weight is 764 g/mol. The number of hydrogen-bond acceptors (Lipinski definition) is 3. The Balaban J connectivity index is 1.04. The summed E-state index contributed by atoms with van der Waals surface area (Å²) in [4.78, 5) is 15.2. The Labute approximate surface area is 349 Å². The van der Waals surface area contributed by atoms with Gasteiger partial charge in [0.15, 0.2) is 17.5 Å². The molecule has 0 saturated carbocycles. The van der Waals surface area contributed by atoms with Gasteiger partial charge in [-0.05, 0) is 76.8 Å². The van der Waals surface area contributed by atoms with Gasteiger partial charge >= 0.3 is 0 Å². The van der Waals surface area contributed by atoms with Crippen LogP contribution in [-0.4, -0.2) is 15.0 Å². The molecule has 0 aliphatic carbocycles. The van der Waals surface area contributed by atoms with Gasteiger partial charge in [-0.25, -0.2) is 15.0 Å². The smallest absolute Gasteiger partial charge is 0.164 e. The minimum Gasteiger partial charge on any atom is -0.208 e. The summed E-state index contributed by atoms with van der Waals surface area (Å²) in [6.45, 7) is 0. The molecule has 0 aliphatic heterocycles. The quantitative estimate of drug-likeness (QED) is 0.152. The molecule has 3 heteroatoms. The molecule has 0 amide bonds. The van der Waals surface area contributed by atoms with E-state index in [0.717, 1.165) is 33.0 Å². The van der Waals surface area contributed by atoms with Crippen LogP contribution in [0.5, 0.6) is 0 Å². The van der Waals surface area contributed by atoms with Gasteiger partial charge in [-0.1, -0.05) is 224 Å². The summed E-state index contributed by atoms with van der Waals surface area (Å²) >= 11 is 0. The van der Waals surface area contributed by atoms with Crippen molar-refractivity contribution in [2.45, 2.75) is 0 Å². The van der Waals surface area contributed by atoms with Crippen molar-refractivity contribution in [3.8, 4) is 78.7 Å². The number of nitrogens with zero attached hydrogens (tertiary/aromatic N) is 3. The predicted molar refractivity (Wildman–Crippen MR) is 250 cm³/mol. The number of aromatic nitrogens is 3. The number of rotatable bonds is 7. The van der Waals surface area contributed by atoms with Gasteiger partial charge < -0.3 is 0 Å². The van der Waals surface area contributed by atoms with Crippen LogP contribution in [0.3, 0.4) is 0 Å². The first kappa shape index (κ1) is 35.2. The SMILES string of the molecule is c1ccc(-c2ccc(-c3ccccc3-c3c4ccccc4c(-c4ccc(-c5nc(-c6ccccc6)nc(-c6cccc7ccccc67)n5)cc4)c4ccccc34)cc2)cc1. The normalized spacial score (nSPS) is 11.3. The van der Waals surface area contributed by atoms with Gasteiger partial charge in [-0.15, -0.1) is 0 Å². The van der Waals surface area contributed by atoms with E-state index in [1.165, 1.54) is 60.5 Å². The van der Waals surface area contributed by atoms with E-state index in [2.05, 4.69) is 206 Å². The van der Waals surface area contributed by atoms with Crippen LogP contribution >= 0.6 is 0 Å². The van der Waals surface area contributed by atoms with Crippen LogP contribution in [-0.2, 0) is 0 Å². The molecule has 0 spiro atoms. The fraction of sp³-hybridized carbons (Fsp3) is 0. The van der Waals surface area contributed by atoms with Crippen molar-refractivity contribution in [2.24, 2.45) is 0 Å². The van der Waals surface area contributed by atoms with E-state index >= 15 is 0 Å². The third-order valence-corrected chi connectivity index (χ3v) is 11.6. The van der Waals surface area contributed by atoms with Crippen LogP contribution in [0.25, 0.3) is 111 Å². The first-order valence-electron chi connectivity index (χ1n) is 20.4. The van der Waals surface area contributed by atoms with Crippen molar-refractivity contribution in [1.82, 2.24) is 15.0 Å². The first-order chi connectivity index (χ1) is 29.8. The zero-order valence-corrected chi connectivity index (χ0v) is 32.7. The average Bonchev–Trinajstić information content (AvgIpc) is 3.33. The fourth-order valence-corrected chi connectivity index (χ4v) is 8.70. The van der Waals surface area contributed by atoms with Crippen LogP contribution in [0.1, 0.15) is 0 Å². The van der Waals surface area contributed by atoms with E-state index < -0.39 is 0 Å². The van der Waals surface area contributed by atoms with Gasteiger partial charge in [-0.2, -0.15) is 0 Å². The van der Waals surface area contributed by atoms with Gasteiger partial charge in [0.05, 0.1) is 0 Å². The summed E-state index contributed by atoms with van der Waals surface area (Å²) < 4.78 is 0. The molecule has 0 unspecified atom stereocenters. The Kier molecular flexibility index (Phi) is 8.83. The molecule has 0 aliphatic rings. The zero-order chi connectivity index (χ0) is 39.8.